The lowest BCUT2D eigenvalue weighted by molar-refractivity contribution is -0.870. The van der Waals surface area contributed by atoms with Crippen molar-refractivity contribution in [2.75, 3.05) is 34.3 Å². The maximum Gasteiger partial charge on any atom is 0.101 e. The second-order valence-corrected chi connectivity index (χ2v) is 6.02. The van der Waals surface area contributed by atoms with Gasteiger partial charge in [0.15, 0.2) is 0 Å². The zero-order chi connectivity index (χ0) is 12.9. The summed E-state index contributed by atoms with van der Waals surface area (Å²) in [5.74, 6) is 0. The van der Waals surface area contributed by atoms with Gasteiger partial charge in [0, 0.05) is 5.54 Å². The minimum atomic E-state index is -0.785. The second kappa shape index (κ2) is 7.19. The summed E-state index contributed by atoms with van der Waals surface area (Å²) in [7, 11) is 6.16. The molecule has 0 heterocycles. The Kier molecular flexibility index (Phi) is 9.49. The Hall–Kier alpha value is -0.200. The molecule has 0 aliphatic heterocycles. The smallest absolute Gasteiger partial charge is 0.101 e. The van der Waals surface area contributed by atoms with Gasteiger partial charge in [-0.25, -0.2) is 0 Å². The van der Waals surface area contributed by atoms with E-state index in [0.717, 1.165) is 11.0 Å². The average Bonchev–Trinajstić information content (AvgIpc) is 1.79. The van der Waals surface area contributed by atoms with Gasteiger partial charge in [0.1, 0.15) is 6.54 Å². The Morgan fingerprint density at radius 3 is 1.31 bits per heavy atom. The third kappa shape index (κ3) is 13.8. The van der Waals surface area contributed by atoms with E-state index in [-0.39, 0.29) is 12.1 Å². The van der Waals surface area contributed by atoms with Crippen LogP contribution in [0, 0.1) is 0 Å². The highest BCUT2D eigenvalue weighted by atomic mass is 16.3. The van der Waals surface area contributed by atoms with E-state index in [1.54, 1.807) is 27.7 Å². The van der Waals surface area contributed by atoms with Crippen molar-refractivity contribution in [1.29, 1.82) is 0 Å². The standard InChI is InChI=1S/C6H15NO.C5H14NO.H2O/c1-5(2,7)6(3,4)8;1-6(2,3)4-5-7;/h8H,7H2,1-4H3;7H,4-5H2,1-3H3;1H2/q;+1;. The summed E-state index contributed by atoms with van der Waals surface area (Å²) in [6.07, 6.45) is 0. The molecule has 0 amide bonds. The fourth-order valence-electron chi connectivity index (χ4n) is 0.300. The van der Waals surface area contributed by atoms with E-state index in [2.05, 4.69) is 21.1 Å². The lowest BCUT2D eigenvalue weighted by atomic mass is 9.87. The molecule has 0 rings (SSSR count). The molecule has 0 spiro atoms. The normalized spacial score (nSPS) is 12.4. The largest absolute Gasteiger partial charge is 0.412 e. The molecule has 0 saturated carbocycles. The van der Waals surface area contributed by atoms with Crippen molar-refractivity contribution in [3.05, 3.63) is 0 Å². The van der Waals surface area contributed by atoms with Crippen molar-refractivity contribution < 1.29 is 20.2 Å². The predicted molar refractivity (Wildman–Crippen MR) is 68.2 cm³/mol. The minimum Gasteiger partial charge on any atom is -0.412 e. The van der Waals surface area contributed by atoms with Gasteiger partial charge in [-0.3, -0.25) is 0 Å². The molecule has 0 radical (unpaired) electrons. The molecule has 0 bridgehead atoms. The van der Waals surface area contributed by atoms with Gasteiger partial charge in [0.05, 0.1) is 33.4 Å². The van der Waals surface area contributed by atoms with Crippen LogP contribution in [0.5, 0.6) is 0 Å². The zero-order valence-electron chi connectivity index (χ0n) is 11.8. The molecule has 0 fully saturated rings. The van der Waals surface area contributed by atoms with E-state index >= 15 is 0 Å². The SMILES string of the molecule is CC(C)(N)C(C)(C)O.C[N+](C)(C)CCO.O. The molecule has 0 aromatic heterocycles. The van der Waals surface area contributed by atoms with Crippen molar-refractivity contribution in [3.63, 3.8) is 0 Å². The lowest BCUT2D eigenvalue weighted by Crippen LogP contribution is -2.52. The molecule has 5 heteroatoms. The molecular formula is C11H31N2O3+. The average molecular weight is 239 g/mol. The predicted octanol–water partition coefficient (Wildman–Crippen LogP) is -0.645. The summed E-state index contributed by atoms with van der Waals surface area (Å²) in [5.41, 5.74) is 4.27. The molecular weight excluding hydrogens is 208 g/mol. The molecule has 0 unspecified atom stereocenters. The van der Waals surface area contributed by atoms with Crippen LogP contribution >= 0.6 is 0 Å². The maximum absolute atomic E-state index is 9.23. The van der Waals surface area contributed by atoms with E-state index in [4.69, 9.17) is 10.8 Å². The van der Waals surface area contributed by atoms with Crippen LogP contribution in [0.2, 0.25) is 0 Å². The van der Waals surface area contributed by atoms with Gasteiger partial charge in [-0.2, -0.15) is 0 Å². The molecule has 0 atom stereocenters. The fourth-order valence-corrected chi connectivity index (χ4v) is 0.300. The zero-order valence-corrected chi connectivity index (χ0v) is 11.8. The Bertz CT molecular complexity index is 152. The van der Waals surface area contributed by atoms with Gasteiger partial charge in [0.2, 0.25) is 0 Å². The summed E-state index contributed by atoms with van der Waals surface area (Å²) in [6.45, 7) is 8.11. The number of hydrogen-bond acceptors (Lipinski definition) is 3. The first kappa shape index (κ1) is 21.1. The number of rotatable bonds is 3. The van der Waals surface area contributed by atoms with Crippen LogP contribution in [-0.2, 0) is 0 Å². The van der Waals surface area contributed by atoms with Crippen LogP contribution in [-0.4, -0.2) is 65.6 Å². The van der Waals surface area contributed by atoms with Gasteiger partial charge in [0.25, 0.3) is 0 Å². The van der Waals surface area contributed by atoms with Gasteiger partial charge in [-0.05, 0) is 27.7 Å². The van der Waals surface area contributed by atoms with Crippen molar-refractivity contribution >= 4 is 0 Å². The van der Waals surface area contributed by atoms with Gasteiger partial charge in [-0.1, -0.05) is 0 Å². The first-order valence-corrected chi connectivity index (χ1v) is 5.24. The van der Waals surface area contributed by atoms with Gasteiger partial charge >= 0.3 is 0 Å². The molecule has 0 saturated heterocycles. The van der Waals surface area contributed by atoms with Crippen molar-refractivity contribution in [2.24, 2.45) is 5.73 Å². The van der Waals surface area contributed by atoms with E-state index in [0.29, 0.717) is 0 Å². The van der Waals surface area contributed by atoms with E-state index < -0.39 is 11.1 Å². The summed E-state index contributed by atoms with van der Waals surface area (Å²) in [4.78, 5) is 0. The van der Waals surface area contributed by atoms with Crippen LogP contribution in [0.1, 0.15) is 27.7 Å². The molecule has 102 valence electrons. The van der Waals surface area contributed by atoms with E-state index in [1.807, 2.05) is 0 Å². The number of likely N-dealkylation sites (N-methyl/N-ethyl adjacent to an activating group) is 1. The van der Waals surface area contributed by atoms with Crippen molar-refractivity contribution in [3.8, 4) is 0 Å². The number of nitrogens with two attached hydrogens (primary N) is 1. The Morgan fingerprint density at radius 2 is 1.31 bits per heavy atom. The molecule has 0 aromatic rings. The monoisotopic (exact) mass is 239 g/mol. The maximum atomic E-state index is 9.23. The fraction of sp³-hybridized carbons (Fsp3) is 1.00. The summed E-state index contributed by atoms with van der Waals surface area (Å²) in [5, 5.41) is 17.6. The van der Waals surface area contributed by atoms with Crippen LogP contribution in [0.25, 0.3) is 0 Å². The Morgan fingerprint density at radius 1 is 1.06 bits per heavy atom. The van der Waals surface area contributed by atoms with Crippen LogP contribution in [0.3, 0.4) is 0 Å². The number of nitrogens with zero attached hydrogens (tertiary/aromatic N) is 1. The number of hydrogen-bond donors (Lipinski definition) is 3. The molecule has 0 aliphatic carbocycles. The Balaban J connectivity index is -0.000000200. The number of aliphatic hydroxyl groups excluding tert-OH is 1. The van der Waals surface area contributed by atoms with Crippen LogP contribution in [0.15, 0.2) is 0 Å². The third-order valence-electron chi connectivity index (χ3n) is 2.35. The molecule has 16 heavy (non-hydrogen) atoms. The highest BCUT2D eigenvalue weighted by Crippen LogP contribution is 2.16. The van der Waals surface area contributed by atoms with Gasteiger partial charge < -0.3 is 25.9 Å². The van der Waals surface area contributed by atoms with Crippen molar-refractivity contribution in [2.45, 2.75) is 38.8 Å². The first-order chi connectivity index (χ1) is 6.31. The minimum absolute atomic E-state index is 0. The van der Waals surface area contributed by atoms with Gasteiger partial charge in [-0.15, -0.1) is 0 Å². The molecule has 0 aliphatic rings. The van der Waals surface area contributed by atoms with Crippen LogP contribution < -0.4 is 5.73 Å². The first-order valence-electron chi connectivity index (χ1n) is 5.24. The summed E-state index contributed by atoms with van der Waals surface area (Å²) < 4.78 is 0.844. The molecule has 5 nitrogen and oxygen atoms in total. The van der Waals surface area contributed by atoms with E-state index in [9.17, 15) is 5.11 Å². The highest BCUT2D eigenvalue weighted by Gasteiger charge is 2.30. The number of aliphatic hydroxyl groups is 2. The van der Waals surface area contributed by atoms with E-state index in [1.165, 1.54) is 0 Å². The van der Waals surface area contributed by atoms with Crippen LogP contribution in [0.4, 0.5) is 0 Å². The quantitative estimate of drug-likeness (QED) is 0.571. The lowest BCUT2D eigenvalue weighted by Gasteiger charge is -2.32. The topological polar surface area (TPSA) is 98.0 Å². The summed E-state index contributed by atoms with van der Waals surface area (Å²) in [6, 6.07) is 0. The molecule has 6 N–H and O–H groups in total. The highest BCUT2D eigenvalue weighted by molar-refractivity contribution is 4.89. The van der Waals surface area contributed by atoms with Crippen molar-refractivity contribution in [1.82, 2.24) is 0 Å². The number of quaternary nitrogens is 1. The Labute approximate surface area is 99.8 Å². The second-order valence-electron chi connectivity index (χ2n) is 6.02. The third-order valence-corrected chi connectivity index (χ3v) is 2.35. The summed E-state index contributed by atoms with van der Waals surface area (Å²) >= 11 is 0. The molecule has 0 aromatic carbocycles.